The molecule has 1 unspecified atom stereocenters. The van der Waals surface area contributed by atoms with Gasteiger partial charge in [0.2, 0.25) is 11.8 Å². The van der Waals surface area contributed by atoms with Gasteiger partial charge < -0.3 is 10.6 Å². The molecule has 30 heavy (non-hydrogen) atoms. The van der Waals surface area contributed by atoms with Gasteiger partial charge in [-0.05, 0) is 43.2 Å². The third kappa shape index (κ3) is 4.86. The van der Waals surface area contributed by atoms with Crippen molar-refractivity contribution in [2.75, 3.05) is 13.1 Å². The number of rotatable bonds is 8. The van der Waals surface area contributed by atoms with Crippen LogP contribution in [0.15, 0.2) is 48.5 Å². The summed E-state index contributed by atoms with van der Waals surface area (Å²) in [4.78, 5) is 50.2. The third-order valence-corrected chi connectivity index (χ3v) is 5.14. The van der Waals surface area contributed by atoms with Crippen LogP contribution >= 0.6 is 11.6 Å². The summed E-state index contributed by atoms with van der Waals surface area (Å²) < 4.78 is 0. The molecule has 1 heterocycles. The van der Waals surface area contributed by atoms with Gasteiger partial charge in [-0.1, -0.05) is 35.9 Å². The zero-order chi connectivity index (χ0) is 21.7. The lowest BCUT2D eigenvalue weighted by Crippen LogP contribution is -2.49. The number of hydrogen-bond donors (Lipinski definition) is 2. The van der Waals surface area contributed by atoms with Crippen LogP contribution in [0.25, 0.3) is 0 Å². The first-order valence-electron chi connectivity index (χ1n) is 9.64. The molecule has 1 aliphatic heterocycles. The Balaban J connectivity index is 1.40. The quantitative estimate of drug-likeness (QED) is 0.498. The van der Waals surface area contributed by atoms with Gasteiger partial charge in [-0.3, -0.25) is 24.1 Å². The van der Waals surface area contributed by atoms with E-state index < -0.39 is 23.8 Å². The van der Waals surface area contributed by atoms with Gasteiger partial charge >= 0.3 is 0 Å². The van der Waals surface area contributed by atoms with E-state index >= 15 is 0 Å². The maximum absolute atomic E-state index is 12.4. The zero-order valence-electron chi connectivity index (χ0n) is 16.5. The van der Waals surface area contributed by atoms with E-state index in [0.717, 1.165) is 10.5 Å². The molecule has 8 heteroatoms. The van der Waals surface area contributed by atoms with E-state index in [0.29, 0.717) is 29.0 Å². The van der Waals surface area contributed by atoms with Crippen LogP contribution in [0.4, 0.5) is 0 Å². The molecule has 0 aliphatic carbocycles. The molecule has 3 rings (SSSR count). The maximum atomic E-state index is 12.4. The molecular formula is C22H22ClN3O4. The fourth-order valence-electron chi connectivity index (χ4n) is 3.21. The van der Waals surface area contributed by atoms with Crippen molar-refractivity contribution in [1.29, 1.82) is 0 Å². The Morgan fingerprint density at radius 1 is 0.933 bits per heavy atom. The number of amides is 4. The van der Waals surface area contributed by atoms with Gasteiger partial charge in [0, 0.05) is 24.5 Å². The maximum Gasteiger partial charge on any atom is 0.262 e. The van der Waals surface area contributed by atoms with Crippen LogP contribution in [0.3, 0.4) is 0 Å². The second-order valence-corrected chi connectivity index (χ2v) is 7.41. The Morgan fingerprint density at radius 2 is 1.50 bits per heavy atom. The molecule has 0 saturated carbocycles. The van der Waals surface area contributed by atoms with Crippen molar-refractivity contribution in [3.63, 3.8) is 0 Å². The van der Waals surface area contributed by atoms with E-state index in [1.807, 2.05) is 12.1 Å². The second-order valence-electron chi connectivity index (χ2n) is 6.97. The standard InChI is InChI=1S/C22H22ClN3O4/c1-14(26-21(29)17-4-2-3-5-18(17)22(26)30)20(28)25-13-12-24-19(27)11-8-15-6-9-16(23)10-7-15/h2-7,9-10,14H,8,11-13H2,1H3,(H,24,27)(H,25,28). The van der Waals surface area contributed by atoms with Crippen LogP contribution in [0, 0.1) is 0 Å². The van der Waals surface area contributed by atoms with Crippen LogP contribution in [0.1, 0.15) is 39.6 Å². The number of hydrogen-bond acceptors (Lipinski definition) is 4. The number of imide groups is 1. The minimum Gasteiger partial charge on any atom is -0.354 e. The molecule has 0 aromatic heterocycles. The molecule has 7 nitrogen and oxygen atoms in total. The summed E-state index contributed by atoms with van der Waals surface area (Å²) in [6.07, 6.45) is 0.910. The topological polar surface area (TPSA) is 95.6 Å². The van der Waals surface area contributed by atoms with Gasteiger partial charge in [0.05, 0.1) is 11.1 Å². The number of benzene rings is 2. The molecule has 2 aromatic rings. The van der Waals surface area contributed by atoms with Crippen molar-refractivity contribution in [2.24, 2.45) is 0 Å². The van der Waals surface area contributed by atoms with Crippen molar-refractivity contribution in [3.05, 3.63) is 70.2 Å². The minimum atomic E-state index is -0.946. The summed E-state index contributed by atoms with van der Waals surface area (Å²) in [5.74, 6) is -1.55. The Labute approximate surface area is 179 Å². The lowest BCUT2D eigenvalue weighted by Gasteiger charge is -2.21. The summed E-state index contributed by atoms with van der Waals surface area (Å²) in [7, 11) is 0. The predicted octanol–water partition coefficient (Wildman–Crippen LogP) is 2.19. The van der Waals surface area contributed by atoms with E-state index in [9.17, 15) is 19.2 Å². The largest absolute Gasteiger partial charge is 0.354 e. The summed E-state index contributed by atoms with van der Waals surface area (Å²) >= 11 is 5.83. The molecule has 0 saturated heterocycles. The smallest absolute Gasteiger partial charge is 0.262 e. The first-order valence-corrected chi connectivity index (χ1v) is 10.0. The Bertz CT molecular complexity index is 940. The van der Waals surface area contributed by atoms with Gasteiger partial charge in [0.15, 0.2) is 0 Å². The van der Waals surface area contributed by atoms with E-state index in [1.54, 1.807) is 36.4 Å². The molecular weight excluding hydrogens is 406 g/mol. The molecule has 1 atom stereocenters. The van der Waals surface area contributed by atoms with Crippen LogP contribution in [-0.4, -0.2) is 47.7 Å². The van der Waals surface area contributed by atoms with Crippen molar-refractivity contribution in [3.8, 4) is 0 Å². The zero-order valence-corrected chi connectivity index (χ0v) is 17.2. The number of halogens is 1. The Morgan fingerprint density at radius 3 is 2.10 bits per heavy atom. The molecule has 0 radical (unpaired) electrons. The number of nitrogens with one attached hydrogen (secondary N) is 2. The molecule has 4 amide bonds. The van der Waals surface area contributed by atoms with Gasteiger partial charge in [0.25, 0.3) is 11.8 Å². The molecule has 2 aromatic carbocycles. The average Bonchev–Trinajstić information content (AvgIpc) is 3.00. The molecule has 2 N–H and O–H groups in total. The summed E-state index contributed by atoms with van der Waals surface area (Å²) in [6.45, 7) is 1.95. The minimum absolute atomic E-state index is 0.132. The van der Waals surface area contributed by atoms with Crippen LogP contribution in [-0.2, 0) is 16.0 Å². The SMILES string of the molecule is CC(C(=O)NCCNC(=O)CCc1ccc(Cl)cc1)N1C(=O)c2ccccc2C1=O. The van der Waals surface area contributed by atoms with Crippen molar-refractivity contribution in [2.45, 2.75) is 25.8 Å². The monoisotopic (exact) mass is 427 g/mol. The van der Waals surface area contributed by atoms with Crippen LogP contribution in [0.5, 0.6) is 0 Å². The Hall–Kier alpha value is -3.19. The molecule has 0 bridgehead atoms. The average molecular weight is 428 g/mol. The first-order chi connectivity index (χ1) is 14.4. The van der Waals surface area contributed by atoms with E-state index in [1.165, 1.54) is 6.92 Å². The highest BCUT2D eigenvalue weighted by Gasteiger charge is 2.40. The number of carbonyl (C=O) groups excluding carboxylic acids is 4. The van der Waals surface area contributed by atoms with E-state index in [4.69, 9.17) is 11.6 Å². The first kappa shape index (κ1) is 21.5. The molecule has 1 aliphatic rings. The lowest BCUT2D eigenvalue weighted by atomic mass is 10.1. The van der Waals surface area contributed by atoms with Gasteiger partial charge in [-0.15, -0.1) is 0 Å². The number of carbonyl (C=O) groups is 4. The van der Waals surface area contributed by atoms with E-state index in [2.05, 4.69) is 10.6 Å². The predicted molar refractivity (Wildman–Crippen MR) is 112 cm³/mol. The third-order valence-electron chi connectivity index (χ3n) is 4.89. The molecule has 156 valence electrons. The van der Waals surface area contributed by atoms with Crippen LogP contribution in [0.2, 0.25) is 5.02 Å². The second kappa shape index (κ2) is 9.54. The summed E-state index contributed by atoms with van der Waals surface area (Å²) in [5, 5.41) is 6.03. The van der Waals surface area contributed by atoms with Crippen molar-refractivity contribution >= 4 is 35.2 Å². The highest BCUT2D eigenvalue weighted by atomic mass is 35.5. The highest BCUT2D eigenvalue weighted by Crippen LogP contribution is 2.24. The number of fused-ring (bicyclic) bond motifs is 1. The summed E-state index contributed by atoms with van der Waals surface area (Å²) in [5.41, 5.74) is 1.61. The normalized spacial score (nSPS) is 13.7. The van der Waals surface area contributed by atoms with Gasteiger partial charge in [-0.2, -0.15) is 0 Å². The van der Waals surface area contributed by atoms with E-state index in [-0.39, 0.29) is 19.0 Å². The lowest BCUT2D eigenvalue weighted by molar-refractivity contribution is -0.125. The highest BCUT2D eigenvalue weighted by molar-refractivity contribution is 6.30. The van der Waals surface area contributed by atoms with Crippen molar-refractivity contribution in [1.82, 2.24) is 15.5 Å². The molecule has 0 fully saturated rings. The Kier molecular flexibility index (Phi) is 6.84. The van der Waals surface area contributed by atoms with Gasteiger partial charge in [0.1, 0.15) is 6.04 Å². The van der Waals surface area contributed by atoms with Gasteiger partial charge in [-0.25, -0.2) is 0 Å². The van der Waals surface area contributed by atoms with Crippen molar-refractivity contribution < 1.29 is 19.2 Å². The fraction of sp³-hybridized carbons (Fsp3) is 0.273. The molecule has 0 spiro atoms. The number of aryl methyl sites for hydroxylation is 1. The fourth-order valence-corrected chi connectivity index (χ4v) is 3.34. The summed E-state index contributed by atoms with van der Waals surface area (Å²) in [6, 6.07) is 12.8. The number of nitrogens with zero attached hydrogens (tertiary/aromatic N) is 1. The van der Waals surface area contributed by atoms with Crippen LogP contribution < -0.4 is 10.6 Å².